The standard InChI is InChI=1S/C12H14N2O/c1-9(12-13-7-8-14-12)11(15)10-5-3-2-4-6-10/h2-6,9H,7-8H2,1H3,(H,13,14). The van der Waals surface area contributed by atoms with Crippen LogP contribution in [0.3, 0.4) is 0 Å². The predicted molar refractivity (Wildman–Crippen MR) is 60.2 cm³/mol. The zero-order valence-electron chi connectivity index (χ0n) is 8.73. The molecule has 0 spiro atoms. The number of Topliss-reactive ketones (excluding diaryl/α,β-unsaturated/α-hetero) is 1. The molecule has 1 heterocycles. The molecular formula is C12H14N2O. The van der Waals surface area contributed by atoms with Crippen LogP contribution in [0, 0.1) is 5.92 Å². The number of hydrogen-bond donors (Lipinski definition) is 1. The Kier molecular flexibility index (Phi) is 2.81. The van der Waals surface area contributed by atoms with E-state index in [0.29, 0.717) is 0 Å². The van der Waals surface area contributed by atoms with Gasteiger partial charge in [0.15, 0.2) is 5.78 Å². The molecule has 0 aromatic heterocycles. The van der Waals surface area contributed by atoms with Gasteiger partial charge in [-0.25, -0.2) is 0 Å². The molecule has 3 heteroatoms. The summed E-state index contributed by atoms with van der Waals surface area (Å²) >= 11 is 0. The van der Waals surface area contributed by atoms with E-state index >= 15 is 0 Å². The smallest absolute Gasteiger partial charge is 0.173 e. The Hall–Kier alpha value is -1.64. The van der Waals surface area contributed by atoms with Crippen LogP contribution in [0.5, 0.6) is 0 Å². The van der Waals surface area contributed by atoms with Crippen molar-refractivity contribution in [3.05, 3.63) is 35.9 Å². The molecule has 0 bridgehead atoms. The van der Waals surface area contributed by atoms with Crippen molar-refractivity contribution >= 4 is 11.6 Å². The minimum absolute atomic E-state index is 0.128. The second-order valence-corrected chi connectivity index (χ2v) is 3.65. The first-order valence-electron chi connectivity index (χ1n) is 5.16. The molecule has 0 radical (unpaired) electrons. The van der Waals surface area contributed by atoms with Crippen molar-refractivity contribution in [2.24, 2.45) is 10.9 Å². The summed E-state index contributed by atoms with van der Waals surface area (Å²) < 4.78 is 0. The first-order chi connectivity index (χ1) is 7.29. The maximum atomic E-state index is 12.0. The van der Waals surface area contributed by atoms with Gasteiger partial charge in [-0.2, -0.15) is 0 Å². The highest BCUT2D eigenvalue weighted by atomic mass is 16.1. The van der Waals surface area contributed by atoms with Crippen molar-refractivity contribution < 1.29 is 4.79 Å². The molecule has 1 aliphatic rings. The molecule has 0 fully saturated rings. The first-order valence-corrected chi connectivity index (χ1v) is 5.16. The Morgan fingerprint density at radius 1 is 1.40 bits per heavy atom. The average Bonchev–Trinajstić information content (AvgIpc) is 2.82. The normalized spacial score (nSPS) is 16.7. The average molecular weight is 202 g/mol. The molecule has 1 aromatic carbocycles. The number of carbonyl (C=O) groups is 1. The summed E-state index contributed by atoms with van der Waals surface area (Å²) in [5.74, 6) is 0.794. The summed E-state index contributed by atoms with van der Waals surface area (Å²) in [5, 5.41) is 3.14. The summed E-state index contributed by atoms with van der Waals surface area (Å²) in [7, 11) is 0. The molecule has 0 aliphatic carbocycles. The first kappa shape index (κ1) is 9.90. The second kappa shape index (κ2) is 4.26. The lowest BCUT2D eigenvalue weighted by Gasteiger charge is -2.10. The number of amidine groups is 1. The van der Waals surface area contributed by atoms with Crippen molar-refractivity contribution in [2.45, 2.75) is 6.92 Å². The quantitative estimate of drug-likeness (QED) is 0.755. The number of aliphatic imine (C=N–C) groups is 1. The Morgan fingerprint density at radius 2 is 2.13 bits per heavy atom. The van der Waals surface area contributed by atoms with Gasteiger partial charge in [0.1, 0.15) is 5.84 Å². The molecule has 1 unspecified atom stereocenters. The number of benzene rings is 1. The molecule has 0 saturated carbocycles. The molecule has 0 saturated heterocycles. The van der Waals surface area contributed by atoms with Crippen molar-refractivity contribution in [2.75, 3.05) is 13.1 Å². The van der Waals surface area contributed by atoms with Gasteiger partial charge in [-0.1, -0.05) is 30.3 Å². The van der Waals surface area contributed by atoms with E-state index in [0.717, 1.165) is 24.5 Å². The van der Waals surface area contributed by atoms with Crippen molar-refractivity contribution in [3.63, 3.8) is 0 Å². The molecule has 1 N–H and O–H groups in total. The Balaban J connectivity index is 2.14. The highest BCUT2D eigenvalue weighted by molar-refractivity contribution is 6.11. The molecule has 15 heavy (non-hydrogen) atoms. The van der Waals surface area contributed by atoms with Crippen LogP contribution in [0.4, 0.5) is 0 Å². The van der Waals surface area contributed by atoms with Gasteiger partial charge in [0.25, 0.3) is 0 Å². The molecular weight excluding hydrogens is 188 g/mol. The molecule has 1 aliphatic heterocycles. The van der Waals surface area contributed by atoms with Gasteiger partial charge in [0.05, 0.1) is 12.5 Å². The van der Waals surface area contributed by atoms with Crippen LogP contribution < -0.4 is 5.32 Å². The van der Waals surface area contributed by atoms with E-state index in [4.69, 9.17) is 0 Å². The van der Waals surface area contributed by atoms with Gasteiger partial charge in [0.2, 0.25) is 0 Å². The zero-order valence-corrected chi connectivity index (χ0v) is 8.73. The van der Waals surface area contributed by atoms with Crippen molar-refractivity contribution in [1.82, 2.24) is 5.32 Å². The lowest BCUT2D eigenvalue weighted by molar-refractivity contribution is 0.0960. The minimum Gasteiger partial charge on any atom is -0.371 e. The Labute approximate surface area is 89.2 Å². The number of ketones is 1. The Bertz CT molecular complexity index is 384. The predicted octanol–water partition coefficient (Wildman–Crippen LogP) is 1.51. The van der Waals surface area contributed by atoms with E-state index in [1.54, 1.807) is 0 Å². The highest BCUT2D eigenvalue weighted by Gasteiger charge is 2.22. The fourth-order valence-electron chi connectivity index (χ4n) is 1.68. The van der Waals surface area contributed by atoms with Gasteiger partial charge in [-0.15, -0.1) is 0 Å². The van der Waals surface area contributed by atoms with E-state index in [2.05, 4.69) is 10.3 Å². The van der Waals surface area contributed by atoms with Gasteiger partial charge < -0.3 is 5.32 Å². The van der Waals surface area contributed by atoms with E-state index in [1.807, 2.05) is 37.3 Å². The minimum atomic E-state index is -0.158. The lowest BCUT2D eigenvalue weighted by atomic mass is 9.98. The third kappa shape index (κ3) is 2.06. The molecule has 0 amide bonds. The van der Waals surface area contributed by atoms with Crippen LogP contribution >= 0.6 is 0 Å². The highest BCUT2D eigenvalue weighted by Crippen LogP contribution is 2.10. The van der Waals surface area contributed by atoms with Gasteiger partial charge in [0, 0.05) is 12.1 Å². The maximum absolute atomic E-state index is 12.0. The van der Waals surface area contributed by atoms with Crippen LogP contribution in [-0.2, 0) is 0 Å². The van der Waals surface area contributed by atoms with E-state index in [-0.39, 0.29) is 11.7 Å². The number of nitrogens with one attached hydrogen (secondary N) is 1. The van der Waals surface area contributed by atoms with Crippen LogP contribution in [0.15, 0.2) is 35.3 Å². The SMILES string of the molecule is CC(C(=O)c1ccccc1)C1=NCCN1. The third-order valence-electron chi connectivity index (χ3n) is 2.56. The lowest BCUT2D eigenvalue weighted by Crippen LogP contribution is -2.30. The molecule has 1 aromatic rings. The summed E-state index contributed by atoms with van der Waals surface area (Å²) in [6.07, 6.45) is 0. The maximum Gasteiger partial charge on any atom is 0.173 e. The fourth-order valence-corrected chi connectivity index (χ4v) is 1.68. The van der Waals surface area contributed by atoms with Crippen LogP contribution in [0.1, 0.15) is 17.3 Å². The van der Waals surface area contributed by atoms with Crippen LogP contribution in [0.25, 0.3) is 0 Å². The molecule has 78 valence electrons. The van der Waals surface area contributed by atoms with Crippen molar-refractivity contribution in [3.8, 4) is 0 Å². The summed E-state index contributed by atoms with van der Waals surface area (Å²) in [5.41, 5.74) is 0.751. The van der Waals surface area contributed by atoms with Gasteiger partial charge in [-0.3, -0.25) is 9.79 Å². The molecule has 1 atom stereocenters. The topological polar surface area (TPSA) is 41.5 Å². The fraction of sp³-hybridized carbons (Fsp3) is 0.333. The van der Waals surface area contributed by atoms with E-state index < -0.39 is 0 Å². The van der Waals surface area contributed by atoms with Crippen molar-refractivity contribution in [1.29, 1.82) is 0 Å². The molecule has 3 nitrogen and oxygen atoms in total. The number of rotatable bonds is 3. The summed E-state index contributed by atoms with van der Waals surface area (Å²) in [4.78, 5) is 16.3. The van der Waals surface area contributed by atoms with Crippen LogP contribution in [-0.4, -0.2) is 24.7 Å². The third-order valence-corrected chi connectivity index (χ3v) is 2.56. The molecule has 2 rings (SSSR count). The largest absolute Gasteiger partial charge is 0.371 e. The number of nitrogens with zero attached hydrogens (tertiary/aromatic N) is 1. The second-order valence-electron chi connectivity index (χ2n) is 3.65. The zero-order chi connectivity index (χ0) is 10.7. The van der Waals surface area contributed by atoms with Gasteiger partial charge >= 0.3 is 0 Å². The van der Waals surface area contributed by atoms with Crippen LogP contribution in [0.2, 0.25) is 0 Å². The summed E-state index contributed by atoms with van der Waals surface area (Å²) in [6.45, 7) is 3.52. The summed E-state index contributed by atoms with van der Waals surface area (Å²) in [6, 6.07) is 9.35. The number of carbonyl (C=O) groups excluding carboxylic acids is 1. The van der Waals surface area contributed by atoms with E-state index in [9.17, 15) is 4.79 Å². The Morgan fingerprint density at radius 3 is 2.73 bits per heavy atom. The number of hydrogen-bond acceptors (Lipinski definition) is 3. The van der Waals surface area contributed by atoms with E-state index in [1.165, 1.54) is 0 Å². The monoisotopic (exact) mass is 202 g/mol. The van der Waals surface area contributed by atoms with Gasteiger partial charge in [-0.05, 0) is 6.92 Å².